The van der Waals surface area contributed by atoms with Crippen molar-refractivity contribution in [3.05, 3.63) is 35.9 Å². The Hall–Kier alpha value is -1.88. The molecular weight excluding hydrogens is 244 g/mol. The highest BCUT2D eigenvalue weighted by Crippen LogP contribution is 2.17. The molecule has 0 saturated heterocycles. The average molecular weight is 264 g/mol. The molecular formula is C14H20N2O3. The molecule has 0 radical (unpaired) electrons. The molecule has 1 rings (SSSR count). The van der Waals surface area contributed by atoms with E-state index >= 15 is 0 Å². The van der Waals surface area contributed by atoms with Crippen LogP contribution in [0.4, 0.5) is 0 Å². The Kier molecular flexibility index (Phi) is 5.51. The summed E-state index contributed by atoms with van der Waals surface area (Å²) >= 11 is 0. The molecule has 0 spiro atoms. The molecule has 0 aromatic heterocycles. The third-order valence-electron chi connectivity index (χ3n) is 2.92. The molecule has 0 aliphatic rings. The first-order valence-corrected chi connectivity index (χ1v) is 6.18. The SMILES string of the molecule is COC(=O)CCCNC(=O)C(C)(N)c1ccccc1. The number of amides is 1. The van der Waals surface area contributed by atoms with Crippen LogP contribution in [0, 0.1) is 0 Å². The van der Waals surface area contributed by atoms with Gasteiger partial charge in [0.15, 0.2) is 0 Å². The summed E-state index contributed by atoms with van der Waals surface area (Å²) in [6, 6.07) is 9.17. The number of rotatable bonds is 6. The second-order valence-electron chi connectivity index (χ2n) is 4.50. The first-order valence-electron chi connectivity index (χ1n) is 6.18. The van der Waals surface area contributed by atoms with E-state index in [4.69, 9.17) is 5.73 Å². The van der Waals surface area contributed by atoms with E-state index in [1.54, 1.807) is 6.92 Å². The second kappa shape index (κ2) is 6.89. The van der Waals surface area contributed by atoms with Gasteiger partial charge in [0, 0.05) is 13.0 Å². The van der Waals surface area contributed by atoms with Crippen molar-refractivity contribution in [3.8, 4) is 0 Å². The van der Waals surface area contributed by atoms with Crippen molar-refractivity contribution in [1.82, 2.24) is 5.32 Å². The number of hydrogen-bond donors (Lipinski definition) is 2. The molecule has 104 valence electrons. The fraction of sp³-hybridized carbons (Fsp3) is 0.429. The van der Waals surface area contributed by atoms with E-state index in [9.17, 15) is 9.59 Å². The minimum atomic E-state index is -1.08. The van der Waals surface area contributed by atoms with Gasteiger partial charge in [-0.25, -0.2) is 0 Å². The van der Waals surface area contributed by atoms with Gasteiger partial charge in [0.1, 0.15) is 5.54 Å². The van der Waals surface area contributed by atoms with Crippen LogP contribution >= 0.6 is 0 Å². The Morgan fingerprint density at radius 1 is 1.32 bits per heavy atom. The monoisotopic (exact) mass is 264 g/mol. The number of carbonyl (C=O) groups is 2. The van der Waals surface area contributed by atoms with Crippen LogP contribution < -0.4 is 11.1 Å². The zero-order valence-electron chi connectivity index (χ0n) is 11.3. The van der Waals surface area contributed by atoms with Gasteiger partial charge < -0.3 is 15.8 Å². The number of methoxy groups -OCH3 is 1. The van der Waals surface area contributed by atoms with Crippen LogP contribution in [0.1, 0.15) is 25.3 Å². The standard InChI is InChI=1S/C14H20N2O3/c1-14(15,11-7-4-3-5-8-11)13(18)16-10-6-9-12(17)19-2/h3-5,7-8H,6,9-10,15H2,1-2H3,(H,16,18). The first-order chi connectivity index (χ1) is 8.98. The predicted octanol–water partition coefficient (Wildman–Crippen LogP) is 0.930. The Balaban J connectivity index is 2.47. The fourth-order valence-corrected chi connectivity index (χ4v) is 1.64. The molecule has 1 aromatic carbocycles. The maximum Gasteiger partial charge on any atom is 0.305 e. The summed E-state index contributed by atoms with van der Waals surface area (Å²) in [5.74, 6) is -0.545. The summed E-state index contributed by atoms with van der Waals surface area (Å²) in [7, 11) is 1.34. The molecule has 0 aliphatic carbocycles. The van der Waals surface area contributed by atoms with Gasteiger partial charge in [-0.1, -0.05) is 30.3 Å². The van der Waals surface area contributed by atoms with Crippen LogP contribution in [0.25, 0.3) is 0 Å². The molecule has 1 atom stereocenters. The first kappa shape index (κ1) is 15.2. The van der Waals surface area contributed by atoms with Crippen molar-refractivity contribution in [3.63, 3.8) is 0 Å². The normalized spacial score (nSPS) is 13.4. The van der Waals surface area contributed by atoms with Crippen LogP contribution in [-0.2, 0) is 19.9 Å². The number of hydrogen-bond acceptors (Lipinski definition) is 4. The average Bonchev–Trinajstić information content (AvgIpc) is 2.43. The van der Waals surface area contributed by atoms with Crippen molar-refractivity contribution in [2.24, 2.45) is 5.73 Å². The van der Waals surface area contributed by atoms with Gasteiger partial charge in [0.2, 0.25) is 5.91 Å². The van der Waals surface area contributed by atoms with Gasteiger partial charge in [0.25, 0.3) is 0 Å². The minimum absolute atomic E-state index is 0.261. The number of nitrogens with one attached hydrogen (secondary N) is 1. The Bertz CT molecular complexity index is 430. The quantitative estimate of drug-likeness (QED) is 0.591. The van der Waals surface area contributed by atoms with Crippen molar-refractivity contribution in [1.29, 1.82) is 0 Å². The van der Waals surface area contributed by atoms with E-state index in [1.165, 1.54) is 7.11 Å². The second-order valence-corrected chi connectivity index (χ2v) is 4.50. The maximum atomic E-state index is 12.0. The van der Waals surface area contributed by atoms with E-state index in [0.717, 1.165) is 5.56 Å². The van der Waals surface area contributed by atoms with Gasteiger partial charge in [-0.2, -0.15) is 0 Å². The summed E-state index contributed by atoms with van der Waals surface area (Å²) in [6.07, 6.45) is 0.812. The minimum Gasteiger partial charge on any atom is -0.469 e. The van der Waals surface area contributed by atoms with E-state index < -0.39 is 5.54 Å². The smallest absolute Gasteiger partial charge is 0.305 e. The molecule has 5 heteroatoms. The number of nitrogens with two attached hydrogens (primary N) is 1. The molecule has 0 saturated carbocycles. The molecule has 1 unspecified atom stereocenters. The predicted molar refractivity (Wildman–Crippen MR) is 72.2 cm³/mol. The molecule has 0 aliphatic heterocycles. The van der Waals surface area contributed by atoms with Crippen LogP contribution in [0.3, 0.4) is 0 Å². The van der Waals surface area contributed by atoms with Gasteiger partial charge in [-0.3, -0.25) is 9.59 Å². The van der Waals surface area contributed by atoms with Gasteiger partial charge in [-0.05, 0) is 18.9 Å². The van der Waals surface area contributed by atoms with Crippen molar-refractivity contribution in [2.45, 2.75) is 25.3 Å². The summed E-state index contributed by atoms with van der Waals surface area (Å²) < 4.78 is 4.52. The number of ether oxygens (including phenoxy) is 1. The molecule has 0 fully saturated rings. The lowest BCUT2D eigenvalue weighted by Crippen LogP contribution is -2.49. The van der Waals surface area contributed by atoms with Crippen molar-refractivity contribution >= 4 is 11.9 Å². The van der Waals surface area contributed by atoms with Gasteiger partial charge in [0.05, 0.1) is 7.11 Å². The maximum absolute atomic E-state index is 12.0. The van der Waals surface area contributed by atoms with E-state index in [1.807, 2.05) is 30.3 Å². The molecule has 0 heterocycles. The summed E-state index contributed by atoms with van der Waals surface area (Å²) in [5.41, 5.74) is 5.72. The van der Waals surface area contributed by atoms with Crippen molar-refractivity contribution in [2.75, 3.05) is 13.7 Å². The highest BCUT2D eigenvalue weighted by Gasteiger charge is 2.29. The highest BCUT2D eigenvalue weighted by atomic mass is 16.5. The number of esters is 1. The molecule has 1 amide bonds. The van der Waals surface area contributed by atoms with Gasteiger partial charge in [-0.15, -0.1) is 0 Å². The Morgan fingerprint density at radius 3 is 2.53 bits per heavy atom. The third kappa shape index (κ3) is 4.37. The van der Waals surface area contributed by atoms with E-state index in [-0.39, 0.29) is 18.3 Å². The molecule has 19 heavy (non-hydrogen) atoms. The molecule has 1 aromatic rings. The van der Waals surface area contributed by atoms with Gasteiger partial charge >= 0.3 is 5.97 Å². The lowest BCUT2D eigenvalue weighted by atomic mass is 9.92. The van der Waals surface area contributed by atoms with E-state index in [0.29, 0.717) is 13.0 Å². The number of benzene rings is 1. The zero-order chi connectivity index (χ0) is 14.3. The topological polar surface area (TPSA) is 81.4 Å². The lowest BCUT2D eigenvalue weighted by molar-refractivity contribution is -0.140. The highest BCUT2D eigenvalue weighted by molar-refractivity contribution is 5.87. The van der Waals surface area contributed by atoms with Crippen LogP contribution in [0.15, 0.2) is 30.3 Å². The molecule has 0 bridgehead atoms. The summed E-state index contributed by atoms with van der Waals surface area (Å²) in [6.45, 7) is 2.06. The third-order valence-corrected chi connectivity index (χ3v) is 2.92. The van der Waals surface area contributed by atoms with Crippen LogP contribution in [-0.4, -0.2) is 25.5 Å². The Morgan fingerprint density at radius 2 is 1.95 bits per heavy atom. The van der Waals surface area contributed by atoms with E-state index in [2.05, 4.69) is 10.1 Å². The fourth-order valence-electron chi connectivity index (χ4n) is 1.64. The zero-order valence-corrected chi connectivity index (χ0v) is 11.3. The summed E-state index contributed by atoms with van der Waals surface area (Å²) in [5, 5.41) is 2.73. The van der Waals surface area contributed by atoms with Crippen LogP contribution in [0.2, 0.25) is 0 Å². The van der Waals surface area contributed by atoms with Crippen molar-refractivity contribution < 1.29 is 14.3 Å². The summed E-state index contributed by atoms with van der Waals surface area (Å²) in [4.78, 5) is 22.9. The molecule has 3 N–H and O–H groups in total. The molecule has 5 nitrogen and oxygen atoms in total. The van der Waals surface area contributed by atoms with Crippen LogP contribution in [0.5, 0.6) is 0 Å². The lowest BCUT2D eigenvalue weighted by Gasteiger charge is -2.24. The Labute approximate surface area is 113 Å². The largest absolute Gasteiger partial charge is 0.469 e. The number of carbonyl (C=O) groups excluding carboxylic acids is 2.